The van der Waals surface area contributed by atoms with Crippen molar-refractivity contribution in [1.29, 1.82) is 0 Å². The number of hydrogen-bond acceptors (Lipinski definition) is 3. The van der Waals surface area contributed by atoms with Crippen molar-refractivity contribution in [1.82, 2.24) is 9.80 Å². The van der Waals surface area contributed by atoms with Gasteiger partial charge in [0.05, 0.1) is 0 Å². The van der Waals surface area contributed by atoms with Crippen LogP contribution in [0.4, 0.5) is 0 Å². The maximum Gasteiger partial charge on any atom is 0.129 e. The molecule has 0 N–H and O–H groups in total. The number of hydrogen-bond donors (Lipinski definition) is 0. The second-order valence-electron chi connectivity index (χ2n) is 11.8. The monoisotopic (exact) mass is 505 g/mol. The van der Waals surface area contributed by atoms with E-state index in [4.69, 9.17) is 0 Å². The molecule has 0 aromatic heterocycles. The van der Waals surface area contributed by atoms with Gasteiger partial charge in [0.25, 0.3) is 0 Å². The number of allylic oxidation sites excluding steroid dienone is 1. The molecule has 36 heavy (non-hydrogen) atoms. The lowest BCUT2D eigenvalue weighted by Crippen LogP contribution is -2.29. The Morgan fingerprint density at radius 1 is 0.667 bits per heavy atom. The van der Waals surface area contributed by atoms with Gasteiger partial charge in [-0.2, -0.15) is 0 Å². The van der Waals surface area contributed by atoms with Crippen LogP contribution in [0.1, 0.15) is 156 Å². The van der Waals surface area contributed by atoms with Gasteiger partial charge < -0.3 is 14.6 Å². The van der Waals surface area contributed by atoms with E-state index in [2.05, 4.69) is 30.2 Å². The van der Waals surface area contributed by atoms with Crippen LogP contribution in [0.3, 0.4) is 0 Å². The lowest BCUT2D eigenvalue weighted by Gasteiger charge is -2.27. The third-order valence-corrected chi connectivity index (χ3v) is 8.24. The molecule has 0 atom stereocenters. The Bertz CT molecular complexity index is 526. The van der Waals surface area contributed by atoms with Crippen molar-refractivity contribution in [3.63, 3.8) is 0 Å². The molecule has 0 aromatic carbocycles. The fourth-order valence-corrected chi connectivity index (χ4v) is 5.82. The first-order valence-corrected chi connectivity index (χ1v) is 16.2. The predicted molar refractivity (Wildman–Crippen MR) is 160 cm³/mol. The Kier molecular flexibility index (Phi) is 21.5. The van der Waals surface area contributed by atoms with E-state index >= 15 is 0 Å². The molecule has 0 spiro atoms. The van der Waals surface area contributed by atoms with Gasteiger partial charge in [-0.3, -0.25) is 0 Å². The highest BCUT2D eigenvalue weighted by Gasteiger charge is 2.15. The summed E-state index contributed by atoms with van der Waals surface area (Å²) < 4.78 is 0. The van der Waals surface area contributed by atoms with Gasteiger partial charge in [-0.25, -0.2) is 0 Å². The van der Waals surface area contributed by atoms with Gasteiger partial charge in [0.2, 0.25) is 0 Å². The molecule has 0 heterocycles. The second kappa shape index (κ2) is 23.3. The summed E-state index contributed by atoms with van der Waals surface area (Å²) in [6.07, 6.45) is 27.6. The average molecular weight is 505 g/mol. The van der Waals surface area contributed by atoms with Crippen LogP contribution < -0.4 is 0 Å². The van der Waals surface area contributed by atoms with Crippen LogP contribution in [0.2, 0.25) is 0 Å². The quantitative estimate of drug-likeness (QED) is 0.116. The summed E-state index contributed by atoms with van der Waals surface area (Å²) in [6, 6.07) is 0. The third kappa shape index (κ3) is 18.4. The van der Waals surface area contributed by atoms with Crippen molar-refractivity contribution >= 4 is 5.78 Å². The molecule has 0 aliphatic heterocycles. The molecule has 1 fully saturated rings. The minimum atomic E-state index is 0.347. The molecule has 1 aliphatic carbocycles. The summed E-state index contributed by atoms with van der Waals surface area (Å²) in [5.41, 5.74) is 1.38. The molecule has 0 bridgehead atoms. The minimum Gasteiger partial charge on any atom is -0.375 e. The van der Waals surface area contributed by atoms with E-state index in [9.17, 15) is 4.79 Å². The van der Waals surface area contributed by atoms with E-state index < -0.39 is 0 Å². The maximum absolute atomic E-state index is 11.1. The summed E-state index contributed by atoms with van der Waals surface area (Å²) in [7, 11) is 0. The molecule has 0 aromatic rings. The second-order valence-corrected chi connectivity index (χ2v) is 11.8. The van der Waals surface area contributed by atoms with E-state index in [0.29, 0.717) is 5.78 Å². The smallest absolute Gasteiger partial charge is 0.129 e. The van der Waals surface area contributed by atoms with Crippen LogP contribution in [-0.2, 0) is 4.79 Å². The van der Waals surface area contributed by atoms with E-state index in [1.807, 2.05) is 0 Å². The summed E-state index contributed by atoms with van der Waals surface area (Å²) in [5.74, 6) is 1.34. The Labute approximate surface area is 226 Å². The van der Waals surface area contributed by atoms with Crippen LogP contribution >= 0.6 is 0 Å². The highest BCUT2D eigenvalue weighted by Crippen LogP contribution is 2.26. The van der Waals surface area contributed by atoms with Crippen molar-refractivity contribution < 1.29 is 4.79 Å². The molecule has 0 saturated heterocycles. The van der Waals surface area contributed by atoms with Gasteiger partial charge in [-0.1, -0.05) is 97.5 Å². The first-order chi connectivity index (χ1) is 17.6. The van der Waals surface area contributed by atoms with Crippen molar-refractivity contribution in [3.05, 3.63) is 12.3 Å². The minimum absolute atomic E-state index is 0.347. The lowest BCUT2D eigenvalue weighted by molar-refractivity contribution is -0.117. The van der Waals surface area contributed by atoms with Crippen molar-refractivity contribution in [2.75, 3.05) is 32.7 Å². The summed E-state index contributed by atoms with van der Waals surface area (Å²) in [5, 5.41) is 0. The van der Waals surface area contributed by atoms with Crippen LogP contribution in [0.15, 0.2) is 12.3 Å². The molecular formula is C33H64N2O. The highest BCUT2D eigenvalue weighted by atomic mass is 16.1. The molecule has 1 rings (SSSR count). The van der Waals surface area contributed by atoms with Gasteiger partial charge in [0.1, 0.15) is 5.78 Å². The first kappa shape index (κ1) is 33.2. The van der Waals surface area contributed by atoms with Gasteiger partial charge in [0, 0.05) is 25.2 Å². The van der Waals surface area contributed by atoms with Crippen LogP contribution in [0.5, 0.6) is 0 Å². The largest absolute Gasteiger partial charge is 0.375 e. The standard InChI is InChI=1S/C33H64N2O/c1-5-7-29-35(26-6-2)31(3)21-15-10-8-12-19-27-34(30-25-33-23-17-14-18-24-33)28-20-13-9-11-16-22-32(4)36/h33H,3,5-30H2,1-2,4H3. The molecule has 3 nitrogen and oxygen atoms in total. The highest BCUT2D eigenvalue weighted by molar-refractivity contribution is 5.75. The molecule has 1 aliphatic rings. The van der Waals surface area contributed by atoms with E-state index in [1.165, 1.54) is 160 Å². The predicted octanol–water partition coefficient (Wildman–Crippen LogP) is 9.55. The zero-order valence-electron chi connectivity index (χ0n) is 25.0. The number of unbranched alkanes of at least 4 members (excludes halogenated alkanes) is 9. The van der Waals surface area contributed by atoms with Gasteiger partial charge in [0.15, 0.2) is 0 Å². The summed E-state index contributed by atoms with van der Waals surface area (Å²) in [4.78, 5) is 16.4. The topological polar surface area (TPSA) is 23.6 Å². The number of ketones is 1. The zero-order valence-corrected chi connectivity index (χ0v) is 25.0. The molecule has 0 radical (unpaired) electrons. The molecule has 0 amide bonds. The van der Waals surface area contributed by atoms with E-state index in [0.717, 1.165) is 18.8 Å². The number of carbonyl (C=O) groups excluding carboxylic acids is 1. The van der Waals surface area contributed by atoms with Crippen molar-refractivity contribution in [2.45, 2.75) is 156 Å². The van der Waals surface area contributed by atoms with E-state index in [1.54, 1.807) is 6.92 Å². The van der Waals surface area contributed by atoms with Crippen LogP contribution in [-0.4, -0.2) is 48.3 Å². The third-order valence-electron chi connectivity index (χ3n) is 8.24. The SMILES string of the molecule is C=C(CCCCCCCN(CCCCCCCC(C)=O)CCC1CCCCC1)N(CCC)CCCC. The van der Waals surface area contributed by atoms with Crippen molar-refractivity contribution in [3.8, 4) is 0 Å². The average Bonchev–Trinajstić information content (AvgIpc) is 2.88. The fourth-order valence-electron chi connectivity index (χ4n) is 5.82. The first-order valence-electron chi connectivity index (χ1n) is 16.2. The van der Waals surface area contributed by atoms with E-state index in [-0.39, 0.29) is 0 Å². The molecular weight excluding hydrogens is 440 g/mol. The lowest BCUT2D eigenvalue weighted by atomic mass is 9.87. The van der Waals surface area contributed by atoms with Gasteiger partial charge >= 0.3 is 0 Å². The molecule has 3 heteroatoms. The number of rotatable bonds is 25. The van der Waals surface area contributed by atoms with Gasteiger partial charge in [-0.05, 0) is 83.8 Å². The van der Waals surface area contributed by atoms with Crippen molar-refractivity contribution in [2.24, 2.45) is 5.92 Å². The molecule has 1 saturated carbocycles. The Hall–Kier alpha value is -0.830. The summed E-state index contributed by atoms with van der Waals surface area (Å²) in [6.45, 7) is 17.0. The van der Waals surface area contributed by atoms with Gasteiger partial charge in [-0.15, -0.1) is 0 Å². The Morgan fingerprint density at radius 3 is 1.83 bits per heavy atom. The number of nitrogens with zero attached hydrogens (tertiary/aromatic N) is 2. The fraction of sp³-hybridized carbons (Fsp3) is 0.909. The molecule has 0 unspecified atom stereocenters. The Balaban J connectivity index is 2.21. The van der Waals surface area contributed by atoms with Crippen LogP contribution in [0, 0.1) is 5.92 Å². The normalized spacial score (nSPS) is 14.4. The van der Waals surface area contributed by atoms with Crippen LogP contribution in [0.25, 0.3) is 0 Å². The number of carbonyl (C=O) groups is 1. The maximum atomic E-state index is 11.1. The number of Topliss-reactive ketones (excluding diaryl/α,β-unsaturated/α-hetero) is 1. The summed E-state index contributed by atoms with van der Waals surface area (Å²) >= 11 is 0. The Morgan fingerprint density at radius 2 is 1.25 bits per heavy atom. The zero-order chi connectivity index (χ0) is 26.3. The molecule has 212 valence electrons.